The smallest absolute Gasteiger partial charge is 0.326 e. The molecule has 0 saturated carbocycles. The number of carboxylic acids is 1. The minimum absolute atomic E-state index is 0.0398. The van der Waals surface area contributed by atoms with Crippen LogP contribution < -0.4 is 10.9 Å². The summed E-state index contributed by atoms with van der Waals surface area (Å²) in [5.41, 5.74) is -1.00. The average Bonchev–Trinajstić information content (AvgIpc) is 2.23. The van der Waals surface area contributed by atoms with Gasteiger partial charge in [-0.2, -0.15) is 0 Å². The average molecular weight is 252 g/mol. The maximum Gasteiger partial charge on any atom is 0.326 e. The van der Waals surface area contributed by atoms with Crippen molar-refractivity contribution in [3.8, 4) is 0 Å². The first kappa shape index (κ1) is 14.0. The van der Waals surface area contributed by atoms with Crippen molar-refractivity contribution in [3.63, 3.8) is 0 Å². The van der Waals surface area contributed by atoms with E-state index in [1.807, 2.05) is 0 Å². The van der Waals surface area contributed by atoms with Gasteiger partial charge in [0.2, 0.25) is 5.56 Å². The molecular formula is C12H16N2O4. The van der Waals surface area contributed by atoms with Gasteiger partial charge in [0.15, 0.2) is 0 Å². The number of hydrogen-bond acceptors (Lipinski definition) is 3. The molecule has 0 bridgehead atoms. The second-order valence-electron chi connectivity index (χ2n) is 5.04. The highest BCUT2D eigenvalue weighted by Gasteiger charge is 2.32. The lowest BCUT2D eigenvalue weighted by Gasteiger charge is -2.27. The molecule has 6 heteroatoms. The van der Waals surface area contributed by atoms with Crippen molar-refractivity contribution < 1.29 is 14.7 Å². The van der Waals surface area contributed by atoms with Crippen LogP contribution in [0.5, 0.6) is 0 Å². The van der Waals surface area contributed by atoms with Gasteiger partial charge >= 0.3 is 5.97 Å². The molecule has 0 aliphatic heterocycles. The largest absolute Gasteiger partial charge is 0.480 e. The van der Waals surface area contributed by atoms with Crippen LogP contribution in [0.1, 0.15) is 31.3 Å². The van der Waals surface area contributed by atoms with E-state index in [9.17, 15) is 14.4 Å². The highest BCUT2D eigenvalue weighted by Crippen LogP contribution is 2.19. The van der Waals surface area contributed by atoms with Gasteiger partial charge in [-0.1, -0.05) is 26.8 Å². The van der Waals surface area contributed by atoms with Crippen LogP contribution in [0.3, 0.4) is 0 Å². The Morgan fingerprint density at radius 3 is 2.39 bits per heavy atom. The lowest BCUT2D eigenvalue weighted by Crippen LogP contribution is -2.49. The van der Waals surface area contributed by atoms with E-state index in [1.165, 1.54) is 18.2 Å². The number of H-pyrrole nitrogens is 1. The maximum atomic E-state index is 11.8. The van der Waals surface area contributed by atoms with Crippen molar-refractivity contribution in [2.75, 3.05) is 0 Å². The number of hydrogen-bond donors (Lipinski definition) is 3. The predicted molar refractivity (Wildman–Crippen MR) is 65.4 cm³/mol. The summed E-state index contributed by atoms with van der Waals surface area (Å²) >= 11 is 0. The Hall–Kier alpha value is -2.11. The van der Waals surface area contributed by atoms with Crippen LogP contribution in [0, 0.1) is 5.41 Å². The predicted octanol–water partition coefficient (Wildman–Crippen LogP) is 0.604. The molecule has 0 saturated heterocycles. The van der Waals surface area contributed by atoms with E-state index in [4.69, 9.17) is 5.11 Å². The standard InChI is InChI=1S/C12H16N2O4/c1-12(2,3)9(11(17)18)14-10(16)7-5-4-6-8(15)13-7/h4-6,9H,1-3H3,(H,13,15)(H,14,16)(H,17,18)/t9-/m0/s1. The molecule has 0 fully saturated rings. The molecule has 1 atom stereocenters. The minimum atomic E-state index is -1.12. The molecule has 6 nitrogen and oxygen atoms in total. The fourth-order valence-electron chi connectivity index (χ4n) is 1.44. The monoisotopic (exact) mass is 252 g/mol. The number of amides is 1. The first-order chi connectivity index (χ1) is 8.21. The van der Waals surface area contributed by atoms with Crippen LogP contribution >= 0.6 is 0 Å². The Bertz CT molecular complexity index is 513. The Morgan fingerprint density at radius 1 is 1.33 bits per heavy atom. The van der Waals surface area contributed by atoms with E-state index in [2.05, 4.69) is 10.3 Å². The summed E-state index contributed by atoms with van der Waals surface area (Å²) in [5, 5.41) is 11.5. The van der Waals surface area contributed by atoms with Gasteiger partial charge in [-0.25, -0.2) is 4.79 Å². The van der Waals surface area contributed by atoms with Gasteiger partial charge < -0.3 is 15.4 Å². The van der Waals surface area contributed by atoms with Crippen molar-refractivity contribution in [2.45, 2.75) is 26.8 Å². The molecule has 1 heterocycles. The van der Waals surface area contributed by atoms with Gasteiger partial charge in [-0.05, 0) is 11.5 Å². The Labute approximate surface area is 104 Å². The van der Waals surface area contributed by atoms with Crippen LogP contribution in [0.2, 0.25) is 0 Å². The summed E-state index contributed by atoms with van der Waals surface area (Å²) in [5.74, 6) is -1.73. The van der Waals surface area contributed by atoms with Crippen molar-refractivity contribution in [1.29, 1.82) is 0 Å². The van der Waals surface area contributed by atoms with Crippen LogP contribution in [0.25, 0.3) is 0 Å². The van der Waals surface area contributed by atoms with E-state index < -0.39 is 28.9 Å². The number of aliphatic carboxylic acids is 1. The summed E-state index contributed by atoms with van der Waals surface area (Å²) < 4.78 is 0. The topological polar surface area (TPSA) is 99.3 Å². The van der Waals surface area contributed by atoms with E-state index in [0.29, 0.717) is 0 Å². The lowest BCUT2D eigenvalue weighted by molar-refractivity contribution is -0.142. The fourth-order valence-corrected chi connectivity index (χ4v) is 1.44. The lowest BCUT2D eigenvalue weighted by atomic mass is 9.86. The first-order valence-corrected chi connectivity index (χ1v) is 5.45. The Morgan fingerprint density at radius 2 is 1.94 bits per heavy atom. The number of aromatic amines is 1. The molecular weight excluding hydrogens is 236 g/mol. The normalized spacial score (nSPS) is 12.8. The summed E-state index contributed by atoms with van der Waals surface area (Å²) in [6.07, 6.45) is 0. The molecule has 0 aliphatic carbocycles. The van der Waals surface area contributed by atoms with Gasteiger partial charge in [0.25, 0.3) is 5.91 Å². The molecule has 1 rings (SSSR count). The number of carboxylic acid groups (broad SMARTS) is 1. The third kappa shape index (κ3) is 3.44. The zero-order chi connectivity index (χ0) is 13.9. The minimum Gasteiger partial charge on any atom is -0.480 e. The fraction of sp³-hybridized carbons (Fsp3) is 0.417. The van der Waals surface area contributed by atoms with Crippen molar-refractivity contribution in [1.82, 2.24) is 10.3 Å². The van der Waals surface area contributed by atoms with Gasteiger partial charge in [0.1, 0.15) is 11.7 Å². The summed E-state index contributed by atoms with van der Waals surface area (Å²) in [4.78, 5) is 36.3. The van der Waals surface area contributed by atoms with Gasteiger partial charge in [-0.3, -0.25) is 9.59 Å². The highest BCUT2D eigenvalue weighted by molar-refractivity contribution is 5.95. The van der Waals surface area contributed by atoms with Crippen molar-refractivity contribution in [3.05, 3.63) is 34.2 Å². The summed E-state index contributed by atoms with van der Waals surface area (Å²) in [7, 11) is 0. The molecule has 0 unspecified atom stereocenters. The molecule has 0 spiro atoms. The van der Waals surface area contributed by atoms with Crippen LogP contribution in [-0.2, 0) is 4.79 Å². The Kier molecular flexibility index (Phi) is 3.90. The number of carbonyl (C=O) groups is 2. The maximum absolute atomic E-state index is 11.8. The quantitative estimate of drug-likeness (QED) is 0.733. The molecule has 1 aromatic rings. The van der Waals surface area contributed by atoms with E-state index >= 15 is 0 Å². The zero-order valence-corrected chi connectivity index (χ0v) is 10.5. The first-order valence-electron chi connectivity index (χ1n) is 5.45. The summed E-state index contributed by atoms with van der Waals surface area (Å²) in [6, 6.07) is 3.09. The SMILES string of the molecule is CC(C)(C)[C@@H](NC(=O)c1cccc(=O)[nH]1)C(=O)O. The number of nitrogens with one attached hydrogen (secondary N) is 2. The number of pyridine rings is 1. The second kappa shape index (κ2) is 5.03. The number of rotatable bonds is 3. The third-order valence-corrected chi connectivity index (χ3v) is 2.40. The zero-order valence-electron chi connectivity index (χ0n) is 10.5. The van der Waals surface area contributed by atoms with Crippen LogP contribution in [-0.4, -0.2) is 28.0 Å². The van der Waals surface area contributed by atoms with Gasteiger partial charge in [0, 0.05) is 6.07 Å². The van der Waals surface area contributed by atoms with Crippen LogP contribution in [0.4, 0.5) is 0 Å². The molecule has 0 aromatic carbocycles. The second-order valence-corrected chi connectivity index (χ2v) is 5.04. The molecule has 18 heavy (non-hydrogen) atoms. The van der Waals surface area contributed by atoms with Gasteiger partial charge in [0.05, 0.1) is 0 Å². The van der Waals surface area contributed by atoms with Crippen molar-refractivity contribution >= 4 is 11.9 Å². The van der Waals surface area contributed by atoms with E-state index in [0.717, 1.165) is 0 Å². The molecule has 1 aromatic heterocycles. The van der Waals surface area contributed by atoms with E-state index in [-0.39, 0.29) is 5.69 Å². The third-order valence-electron chi connectivity index (χ3n) is 2.40. The number of carbonyl (C=O) groups excluding carboxylic acids is 1. The number of aromatic nitrogens is 1. The van der Waals surface area contributed by atoms with Crippen molar-refractivity contribution in [2.24, 2.45) is 5.41 Å². The molecule has 0 radical (unpaired) electrons. The molecule has 1 amide bonds. The van der Waals surface area contributed by atoms with E-state index in [1.54, 1.807) is 20.8 Å². The molecule has 0 aliphatic rings. The van der Waals surface area contributed by atoms with Crippen LogP contribution in [0.15, 0.2) is 23.0 Å². The molecule has 3 N–H and O–H groups in total. The summed E-state index contributed by atoms with van der Waals surface area (Å²) in [6.45, 7) is 5.12. The Balaban J connectivity index is 2.93. The van der Waals surface area contributed by atoms with Gasteiger partial charge in [-0.15, -0.1) is 0 Å². The molecule has 98 valence electrons. The highest BCUT2D eigenvalue weighted by atomic mass is 16.4.